The van der Waals surface area contributed by atoms with E-state index in [0.717, 1.165) is 12.1 Å². The lowest BCUT2D eigenvalue weighted by atomic mass is 9.96. The molecule has 4 nitrogen and oxygen atoms in total. The minimum absolute atomic E-state index is 0.289. The highest BCUT2D eigenvalue weighted by Gasteiger charge is 2.37. The number of benzene rings is 2. The third-order valence-corrected chi connectivity index (χ3v) is 4.67. The van der Waals surface area contributed by atoms with Gasteiger partial charge in [0.1, 0.15) is 0 Å². The topological polar surface area (TPSA) is 46.9 Å². The van der Waals surface area contributed by atoms with Crippen molar-refractivity contribution in [1.29, 1.82) is 0 Å². The third kappa shape index (κ3) is 2.83. The normalized spacial score (nSPS) is 20.5. The molecule has 26 heavy (non-hydrogen) atoms. The van der Waals surface area contributed by atoms with Gasteiger partial charge in [-0.1, -0.05) is 24.3 Å². The van der Waals surface area contributed by atoms with Crippen molar-refractivity contribution in [1.82, 2.24) is 4.90 Å². The molecular formula is C19H17F3N2O2. The number of para-hydroxylation sites is 1. The highest BCUT2D eigenvalue weighted by molar-refractivity contribution is 5.84. The summed E-state index contributed by atoms with van der Waals surface area (Å²) in [5.41, 5.74) is 1.35. The van der Waals surface area contributed by atoms with Gasteiger partial charge in [0.05, 0.1) is 17.4 Å². The molecule has 2 heterocycles. The molecule has 4 rings (SSSR count). The number of hydrogen-bond acceptors (Lipinski definition) is 4. The van der Waals surface area contributed by atoms with Gasteiger partial charge in [0.2, 0.25) is 0 Å². The smallest absolute Gasteiger partial charge is 0.389 e. The third-order valence-electron chi connectivity index (χ3n) is 4.67. The molecule has 136 valence electrons. The standard InChI is InChI=1S/C19H17F3N2O2/c20-19(21,22)12-6-7-15-16(23-10-14(25)11-23)9-18(26)24(17(15)8-12)13-4-2-1-3-5-13/h1-9,14,18,25-26H,10-11H2. The van der Waals surface area contributed by atoms with Crippen LogP contribution in [-0.2, 0) is 6.18 Å². The molecule has 0 aromatic heterocycles. The van der Waals surface area contributed by atoms with Crippen molar-refractivity contribution >= 4 is 17.1 Å². The Bertz CT molecular complexity index is 846. The molecular weight excluding hydrogens is 345 g/mol. The minimum Gasteiger partial charge on any atom is -0.389 e. The molecule has 2 aliphatic heterocycles. The Labute approximate surface area is 148 Å². The number of β-amino-alcohol motifs (C(OH)–C–C–N with tert-alkyl or cyclic N) is 1. The lowest BCUT2D eigenvalue weighted by molar-refractivity contribution is -0.137. The number of likely N-dealkylation sites (tertiary alicyclic amines) is 1. The second-order valence-corrected chi connectivity index (χ2v) is 6.46. The summed E-state index contributed by atoms with van der Waals surface area (Å²) >= 11 is 0. The Balaban J connectivity index is 1.85. The number of aliphatic hydroxyl groups excluding tert-OH is 2. The number of aliphatic hydroxyl groups is 2. The zero-order valence-electron chi connectivity index (χ0n) is 13.7. The second-order valence-electron chi connectivity index (χ2n) is 6.46. The van der Waals surface area contributed by atoms with E-state index in [2.05, 4.69) is 0 Å². The number of anilines is 2. The van der Waals surface area contributed by atoms with Crippen molar-refractivity contribution in [3.8, 4) is 0 Å². The van der Waals surface area contributed by atoms with E-state index >= 15 is 0 Å². The van der Waals surface area contributed by atoms with Crippen LogP contribution in [0.2, 0.25) is 0 Å². The van der Waals surface area contributed by atoms with Crippen molar-refractivity contribution in [2.24, 2.45) is 0 Å². The first-order valence-corrected chi connectivity index (χ1v) is 8.23. The fourth-order valence-electron chi connectivity index (χ4n) is 3.38. The Morgan fingerprint density at radius 1 is 0.962 bits per heavy atom. The van der Waals surface area contributed by atoms with E-state index in [0.29, 0.717) is 30.0 Å². The first kappa shape index (κ1) is 16.9. The highest BCUT2D eigenvalue weighted by Crippen LogP contribution is 2.43. The highest BCUT2D eigenvalue weighted by atomic mass is 19.4. The van der Waals surface area contributed by atoms with Crippen LogP contribution in [-0.4, -0.2) is 40.5 Å². The van der Waals surface area contributed by atoms with E-state index in [1.54, 1.807) is 36.4 Å². The Kier molecular flexibility index (Phi) is 3.93. The molecule has 0 aliphatic carbocycles. The summed E-state index contributed by atoms with van der Waals surface area (Å²) in [5.74, 6) is 0. The van der Waals surface area contributed by atoms with Gasteiger partial charge in [-0.3, -0.25) is 0 Å². The molecule has 2 aliphatic rings. The number of alkyl halides is 3. The minimum atomic E-state index is -4.48. The summed E-state index contributed by atoms with van der Waals surface area (Å²) < 4.78 is 39.7. The largest absolute Gasteiger partial charge is 0.416 e. The number of halogens is 3. The molecule has 1 fully saturated rings. The first-order valence-electron chi connectivity index (χ1n) is 8.23. The van der Waals surface area contributed by atoms with E-state index in [4.69, 9.17) is 0 Å². The van der Waals surface area contributed by atoms with Crippen LogP contribution in [0.5, 0.6) is 0 Å². The first-order chi connectivity index (χ1) is 12.3. The molecule has 1 unspecified atom stereocenters. The van der Waals surface area contributed by atoms with Crippen molar-refractivity contribution in [2.75, 3.05) is 18.0 Å². The fourth-order valence-corrected chi connectivity index (χ4v) is 3.38. The lowest BCUT2D eigenvalue weighted by Gasteiger charge is -2.44. The maximum atomic E-state index is 13.2. The van der Waals surface area contributed by atoms with E-state index in [1.165, 1.54) is 11.0 Å². The maximum absolute atomic E-state index is 13.2. The predicted molar refractivity (Wildman–Crippen MR) is 91.6 cm³/mol. The van der Waals surface area contributed by atoms with E-state index in [9.17, 15) is 23.4 Å². The SMILES string of the molecule is OC1CN(C2=CC(O)N(c3ccccc3)c3cc(C(F)(F)F)ccc32)C1. The van der Waals surface area contributed by atoms with Crippen molar-refractivity contribution in [3.63, 3.8) is 0 Å². The number of nitrogens with zero attached hydrogens (tertiary/aromatic N) is 2. The molecule has 1 atom stereocenters. The van der Waals surface area contributed by atoms with Crippen LogP contribution < -0.4 is 4.90 Å². The number of fused-ring (bicyclic) bond motifs is 1. The maximum Gasteiger partial charge on any atom is 0.416 e. The van der Waals surface area contributed by atoms with E-state index < -0.39 is 24.1 Å². The molecule has 0 bridgehead atoms. The molecule has 2 aromatic carbocycles. The van der Waals surface area contributed by atoms with Gasteiger partial charge in [0.25, 0.3) is 0 Å². The molecule has 0 radical (unpaired) electrons. The quantitative estimate of drug-likeness (QED) is 0.861. The zero-order chi connectivity index (χ0) is 18.5. The fraction of sp³-hybridized carbons (Fsp3) is 0.263. The van der Waals surface area contributed by atoms with Crippen LogP contribution in [0, 0.1) is 0 Å². The average Bonchev–Trinajstić information content (AvgIpc) is 2.58. The zero-order valence-corrected chi connectivity index (χ0v) is 13.7. The van der Waals surface area contributed by atoms with E-state index in [-0.39, 0.29) is 5.69 Å². The van der Waals surface area contributed by atoms with Gasteiger partial charge in [-0.2, -0.15) is 13.2 Å². The summed E-state index contributed by atoms with van der Waals surface area (Å²) in [7, 11) is 0. The number of rotatable bonds is 2. The molecule has 0 spiro atoms. The van der Waals surface area contributed by atoms with Crippen LogP contribution in [0.3, 0.4) is 0 Å². The van der Waals surface area contributed by atoms with Gasteiger partial charge in [-0.15, -0.1) is 0 Å². The Hall–Kier alpha value is -2.51. The molecule has 2 aromatic rings. The van der Waals surface area contributed by atoms with Crippen LogP contribution in [0.25, 0.3) is 5.70 Å². The van der Waals surface area contributed by atoms with Crippen molar-refractivity contribution < 1.29 is 23.4 Å². The monoisotopic (exact) mass is 362 g/mol. The van der Waals surface area contributed by atoms with Crippen LogP contribution in [0.1, 0.15) is 11.1 Å². The average molecular weight is 362 g/mol. The van der Waals surface area contributed by atoms with Crippen LogP contribution in [0.4, 0.5) is 24.5 Å². The van der Waals surface area contributed by atoms with E-state index in [1.807, 2.05) is 4.90 Å². The van der Waals surface area contributed by atoms with Crippen molar-refractivity contribution in [2.45, 2.75) is 18.5 Å². The Morgan fingerprint density at radius 3 is 2.27 bits per heavy atom. The predicted octanol–water partition coefficient (Wildman–Crippen LogP) is 3.19. The van der Waals surface area contributed by atoms with Crippen LogP contribution in [0.15, 0.2) is 54.6 Å². The van der Waals surface area contributed by atoms with Gasteiger partial charge >= 0.3 is 6.18 Å². The molecule has 0 amide bonds. The molecule has 2 N–H and O–H groups in total. The second kappa shape index (κ2) is 6.03. The summed E-state index contributed by atoms with van der Waals surface area (Å²) in [4.78, 5) is 3.33. The molecule has 0 saturated carbocycles. The molecule has 1 saturated heterocycles. The Morgan fingerprint density at radius 2 is 1.65 bits per heavy atom. The summed E-state index contributed by atoms with van der Waals surface area (Å²) in [6, 6.07) is 12.3. The number of hydrogen-bond donors (Lipinski definition) is 2. The summed E-state index contributed by atoms with van der Waals surface area (Å²) in [6.45, 7) is 0.786. The van der Waals surface area contributed by atoms with Gasteiger partial charge in [-0.05, 0) is 30.3 Å². The van der Waals surface area contributed by atoms with Crippen molar-refractivity contribution in [3.05, 3.63) is 65.7 Å². The van der Waals surface area contributed by atoms with Gasteiger partial charge in [0, 0.05) is 30.0 Å². The lowest BCUT2D eigenvalue weighted by Crippen LogP contribution is -2.50. The van der Waals surface area contributed by atoms with Crippen LogP contribution >= 0.6 is 0 Å². The molecule has 7 heteroatoms. The van der Waals surface area contributed by atoms with Gasteiger partial charge < -0.3 is 20.0 Å². The van der Waals surface area contributed by atoms with Gasteiger partial charge in [-0.25, -0.2) is 0 Å². The van der Waals surface area contributed by atoms with Gasteiger partial charge in [0.15, 0.2) is 6.23 Å². The summed E-state index contributed by atoms with van der Waals surface area (Å²) in [5, 5.41) is 20.2. The summed E-state index contributed by atoms with van der Waals surface area (Å²) in [6.07, 6.45) is -4.44.